The fourth-order valence-corrected chi connectivity index (χ4v) is 3.10. The molecule has 0 aliphatic carbocycles. The number of para-hydroxylation sites is 2. The largest absolute Gasteiger partial charge is 0.378 e. The smallest absolute Gasteiger partial charge is 0.257 e. The minimum absolute atomic E-state index is 0.0534. The minimum atomic E-state index is -0.0534. The Labute approximate surface area is 156 Å². The monoisotopic (exact) mass is 367 g/mol. The zero-order chi connectivity index (χ0) is 17.9. The standard InChI is InChI=1S/C20H18ClN3O2/c21-15-7-5-14(6-8-15)13-16(20(25)24-9-11-26-12-10-24)19-22-17-3-1-2-4-18(17)23-19/h1-8,13H,9-12H2,(H,22,23). The first kappa shape index (κ1) is 16.8. The van der Waals surface area contributed by atoms with Gasteiger partial charge in [0.1, 0.15) is 5.82 Å². The molecule has 3 aromatic rings. The van der Waals surface area contributed by atoms with E-state index in [1.165, 1.54) is 0 Å². The van der Waals surface area contributed by atoms with Gasteiger partial charge in [0.05, 0.1) is 29.8 Å². The molecule has 1 aliphatic heterocycles. The van der Waals surface area contributed by atoms with Gasteiger partial charge in [-0.1, -0.05) is 35.9 Å². The molecule has 1 fully saturated rings. The molecule has 5 nitrogen and oxygen atoms in total. The van der Waals surface area contributed by atoms with Crippen LogP contribution in [0.2, 0.25) is 5.02 Å². The fourth-order valence-electron chi connectivity index (χ4n) is 2.97. The van der Waals surface area contributed by atoms with Gasteiger partial charge in [-0.05, 0) is 35.9 Å². The summed E-state index contributed by atoms with van der Waals surface area (Å²) >= 11 is 5.97. The van der Waals surface area contributed by atoms with E-state index in [0.717, 1.165) is 16.6 Å². The first-order chi connectivity index (χ1) is 12.7. The number of benzene rings is 2. The number of ether oxygens (including phenoxy) is 1. The van der Waals surface area contributed by atoms with Crippen LogP contribution in [0.3, 0.4) is 0 Å². The third-order valence-corrected chi connectivity index (χ3v) is 4.61. The lowest BCUT2D eigenvalue weighted by Gasteiger charge is -2.27. The number of carbonyl (C=O) groups is 1. The lowest BCUT2D eigenvalue weighted by atomic mass is 10.1. The SMILES string of the molecule is O=C(C(=Cc1ccc(Cl)cc1)c1nc2ccccc2[nH]1)N1CCOCC1. The van der Waals surface area contributed by atoms with Crippen LogP contribution in [-0.4, -0.2) is 47.1 Å². The number of H-pyrrole nitrogens is 1. The van der Waals surface area contributed by atoms with Crippen molar-refractivity contribution < 1.29 is 9.53 Å². The number of aromatic nitrogens is 2. The van der Waals surface area contributed by atoms with E-state index in [-0.39, 0.29) is 5.91 Å². The van der Waals surface area contributed by atoms with Gasteiger partial charge in [0.15, 0.2) is 0 Å². The number of hydrogen-bond acceptors (Lipinski definition) is 3. The first-order valence-corrected chi connectivity index (χ1v) is 8.88. The highest BCUT2D eigenvalue weighted by atomic mass is 35.5. The highest BCUT2D eigenvalue weighted by Crippen LogP contribution is 2.23. The van der Waals surface area contributed by atoms with Gasteiger partial charge < -0.3 is 14.6 Å². The van der Waals surface area contributed by atoms with Crippen LogP contribution in [-0.2, 0) is 9.53 Å². The molecular weight excluding hydrogens is 350 g/mol. The van der Waals surface area contributed by atoms with E-state index in [2.05, 4.69) is 9.97 Å². The van der Waals surface area contributed by atoms with Crippen molar-refractivity contribution in [3.05, 3.63) is 64.9 Å². The van der Waals surface area contributed by atoms with Gasteiger partial charge >= 0.3 is 0 Å². The minimum Gasteiger partial charge on any atom is -0.378 e. The summed E-state index contributed by atoms with van der Waals surface area (Å²) in [6.45, 7) is 2.27. The number of nitrogens with one attached hydrogen (secondary N) is 1. The summed E-state index contributed by atoms with van der Waals surface area (Å²) in [5.41, 5.74) is 3.16. The van der Waals surface area contributed by atoms with Crippen molar-refractivity contribution >= 4 is 40.2 Å². The number of morpholine rings is 1. The number of amides is 1. The number of hydrogen-bond donors (Lipinski definition) is 1. The molecule has 1 amide bonds. The van der Waals surface area contributed by atoms with Crippen molar-refractivity contribution in [2.75, 3.05) is 26.3 Å². The van der Waals surface area contributed by atoms with Crippen molar-refractivity contribution in [1.29, 1.82) is 0 Å². The Balaban J connectivity index is 1.77. The summed E-state index contributed by atoms with van der Waals surface area (Å²) in [6, 6.07) is 15.1. The number of carbonyl (C=O) groups excluding carboxylic acids is 1. The van der Waals surface area contributed by atoms with Crippen LogP contribution in [0.5, 0.6) is 0 Å². The number of imidazole rings is 1. The van der Waals surface area contributed by atoms with Gasteiger partial charge in [0, 0.05) is 18.1 Å². The second-order valence-electron chi connectivity index (χ2n) is 6.12. The summed E-state index contributed by atoms with van der Waals surface area (Å²) in [5.74, 6) is 0.514. The summed E-state index contributed by atoms with van der Waals surface area (Å²) in [7, 11) is 0. The molecule has 0 radical (unpaired) electrons. The van der Waals surface area contributed by atoms with E-state index in [0.29, 0.717) is 42.7 Å². The Kier molecular flexibility index (Phi) is 4.73. The maximum atomic E-state index is 13.2. The molecule has 6 heteroatoms. The second kappa shape index (κ2) is 7.32. The Morgan fingerprint density at radius 3 is 2.58 bits per heavy atom. The third kappa shape index (κ3) is 3.49. The molecule has 0 unspecified atom stereocenters. The van der Waals surface area contributed by atoms with Crippen molar-refractivity contribution in [2.45, 2.75) is 0 Å². The third-order valence-electron chi connectivity index (χ3n) is 4.35. The normalized spacial score (nSPS) is 15.4. The van der Waals surface area contributed by atoms with Crippen LogP contribution < -0.4 is 0 Å². The number of halogens is 1. The molecule has 1 saturated heterocycles. The van der Waals surface area contributed by atoms with Crippen LogP contribution in [0.25, 0.3) is 22.7 Å². The Morgan fingerprint density at radius 2 is 1.85 bits per heavy atom. The summed E-state index contributed by atoms with van der Waals surface area (Å²) in [6.07, 6.45) is 1.85. The summed E-state index contributed by atoms with van der Waals surface area (Å²) in [5, 5.41) is 0.659. The maximum absolute atomic E-state index is 13.2. The fraction of sp³-hybridized carbons (Fsp3) is 0.200. The van der Waals surface area contributed by atoms with Gasteiger partial charge in [-0.15, -0.1) is 0 Å². The molecule has 26 heavy (non-hydrogen) atoms. The number of rotatable bonds is 3. The topological polar surface area (TPSA) is 58.2 Å². The van der Waals surface area contributed by atoms with Crippen molar-refractivity contribution in [1.82, 2.24) is 14.9 Å². The lowest BCUT2D eigenvalue weighted by Crippen LogP contribution is -2.41. The van der Waals surface area contributed by atoms with Gasteiger partial charge in [-0.3, -0.25) is 4.79 Å². The van der Waals surface area contributed by atoms with E-state index in [1.54, 1.807) is 4.90 Å². The molecule has 0 spiro atoms. The first-order valence-electron chi connectivity index (χ1n) is 8.50. The van der Waals surface area contributed by atoms with Gasteiger partial charge in [-0.25, -0.2) is 4.98 Å². The van der Waals surface area contributed by atoms with Crippen LogP contribution in [0.15, 0.2) is 48.5 Å². The predicted octanol–water partition coefficient (Wildman–Crippen LogP) is 3.62. The Hall–Kier alpha value is -2.63. The van der Waals surface area contributed by atoms with E-state index in [4.69, 9.17) is 16.3 Å². The van der Waals surface area contributed by atoms with E-state index >= 15 is 0 Å². The van der Waals surface area contributed by atoms with Crippen LogP contribution >= 0.6 is 11.6 Å². The molecule has 1 aliphatic rings. The number of aromatic amines is 1. The molecule has 0 bridgehead atoms. The Morgan fingerprint density at radius 1 is 1.12 bits per heavy atom. The molecule has 1 N–H and O–H groups in total. The molecule has 0 saturated carbocycles. The quantitative estimate of drug-likeness (QED) is 0.719. The average molecular weight is 368 g/mol. The zero-order valence-electron chi connectivity index (χ0n) is 14.1. The summed E-state index contributed by atoms with van der Waals surface area (Å²) < 4.78 is 5.36. The van der Waals surface area contributed by atoms with Crippen molar-refractivity contribution in [3.8, 4) is 0 Å². The van der Waals surface area contributed by atoms with Gasteiger partial charge in [0.2, 0.25) is 0 Å². The number of fused-ring (bicyclic) bond motifs is 1. The van der Waals surface area contributed by atoms with Gasteiger partial charge in [-0.2, -0.15) is 0 Å². The second-order valence-corrected chi connectivity index (χ2v) is 6.55. The molecule has 2 heterocycles. The number of nitrogens with zero attached hydrogens (tertiary/aromatic N) is 2. The highest BCUT2D eigenvalue weighted by Gasteiger charge is 2.24. The molecule has 1 aromatic heterocycles. The molecule has 132 valence electrons. The lowest BCUT2D eigenvalue weighted by molar-refractivity contribution is -0.128. The highest BCUT2D eigenvalue weighted by molar-refractivity contribution is 6.30. The zero-order valence-corrected chi connectivity index (χ0v) is 14.9. The molecule has 2 aromatic carbocycles. The van der Waals surface area contributed by atoms with E-state index in [9.17, 15) is 4.79 Å². The predicted molar refractivity (Wildman–Crippen MR) is 103 cm³/mol. The van der Waals surface area contributed by atoms with Crippen LogP contribution in [0, 0.1) is 0 Å². The van der Waals surface area contributed by atoms with Crippen molar-refractivity contribution in [2.24, 2.45) is 0 Å². The van der Waals surface area contributed by atoms with Gasteiger partial charge in [0.25, 0.3) is 5.91 Å². The maximum Gasteiger partial charge on any atom is 0.257 e. The Bertz CT molecular complexity index is 924. The molecule has 0 atom stereocenters. The van der Waals surface area contributed by atoms with E-state index < -0.39 is 0 Å². The molecular formula is C20H18ClN3O2. The average Bonchev–Trinajstić information content (AvgIpc) is 3.11. The molecule has 4 rings (SSSR count). The van der Waals surface area contributed by atoms with E-state index in [1.807, 2.05) is 54.6 Å². The van der Waals surface area contributed by atoms with Crippen LogP contribution in [0.1, 0.15) is 11.4 Å². The van der Waals surface area contributed by atoms with Crippen LogP contribution in [0.4, 0.5) is 0 Å². The summed E-state index contributed by atoms with van der Waals surface area (Å²) in [4.78, 5) is 22.8. The van der Waals surface area contributed by atoms with Crippen molar-refractivity contribution in [3.63, 3.8) is 0 Å².